The fourth-order valence-electron chi connectivity index (χ4n) is 3.54. The summed E-state index contributed by atoms with van der Waals surface area (Å²) in [5.41, 5.74) is 1.55. The molecule has 164 valence electrons. The summed E-state index contributed by atoms with van der Waals surface area (Å²) in [6.45, 7) is 5.76. The van der Waals surface area contributed by atoms with E-state index in [0.29, 0.717) is 29.7 Å². The van der Waals surface area contributed by atoms with E-state index in [1.807, 2.05) is 48.7 Å². The summed E-state index contributed by atoms with van der Waals surface area (Å²) >= 11 is 1.35. The van der Waals surface area contributed by atoms with Crippen molar-refractivity contribution < 1.29 is 18.7 Å². The molecule has 31 heavy (non-hydrogen) atoms. The molecule has 8 nitrogen and oxygen atoms in total. The number of ether oxygens (including phenoxy) is 2. The molecule has 1 aliphatic heterocycles. The third kappa shape index (κ3) is 5.11. The fraction of sp³-hybridized carbons (Fsp3) is 0.409. The van der Waals surface area contributed by atoms with Gasteiger partial charge in [0.25, 0.3) is 0 Å². The van der Waals surface area contributed by atoms with Crippen LogP contribution >= 0.6 is 11.8 Å². The monoisotopic (exact) mass is 442 g/mol. The van der Waals surface area contributed by atoms with Crippen LogP contribution in [-0.4, -0.2) is 45.7 Å². The Morgan fingerprint density at radius 2 is 2.19 bits per heavy atom. The summed E-state index contributed by atoms with van der Waals surface area (Å²) < 4.78 is 18.9. The number of rotatable bonds is 9. The van der Waals surface area contributed by atoms with E-state index in [4.69, 9.17) is 13.9 Å². The third-order valence-electron chi connectivity index (χ3n) is 5.02. The van der Waals surface area contributed by atoms with Crippen molar-refractivity contribution in [2.75, 3.05) is 24.3 Å². The van der Waals surface area contributed by atoms with E-state index in [1.165, 1.54) is 11.8 Å². The summed E-state index contributed by atoms with van der Waals surface area (Å²) in [6.07, 6.45) is 3.82. The molecule has 1 N–H and O–H groups in total. The van der Waals surface area contributed by atoms with Crippen LogP contribution in [0.15, 0.2) is 46.2 Å². The molecule has 0 saturated carbocycles. The minimum atomic E-state index is -0.134. The van der Waals surface area contributed by atoms with Crippen molar-refractivity contribution in [3.63, 3.8) is 0 Å². The van der Waals surface area contributed by atoms with Gasteiger partial charge in [-0.25, -0.2) is 0 Å². The van der Waals surface area contributed by atoms with Gasteiger partial charge in [-0.05, 0) is 44.9 Å². The standard InChI is InChI=1S/C22H26N4O4S/c1-3-28-19-9-5-4-8-18(19)23-20(27)14-31-22-25-24-21(17-10-12-29-15(17)2)26(22)13-16-7-6-11-30-16/h4-5,8-10,12,16H,3,6-7,11,13-14H2,1-2H3,(H,23,27)/t16-/m0/s1. The smallest absolute Gasteiger partial charge is 0.234 e. The van der Waals surface area contributed by atoms with Gasteiger partial charge in [-0.3, -0.25) is 9.36 Å². The number of para-hydroxylation sites is 2. The fourth-order valence-corrected chi connectivity index (χ4v) is 4.28. The Kier molecular flexibility index (Phi) is 6.93. The average molecular weight is 443 g/mol. The maximum Gasteiger partial charge on any atom is 0.234 e. The molecule has 1 aromatic carbocycles. The Bertz CT molecular complexity index is 1030. The summed E-state index contributed by atoms with van der Waals surface area (Å²) in [7, 11) is 0. The number of amides is 1. The predicted octanol–water partition coefficient (Wildman–Crippen LogP) is 4.16. The Morgan fingerprint density at radius 3 is 2.94 bits per heavy atom. The predicted molar refractivity (Wildman–Crippen MR) is 118 cm³/mol. The zero-order valence-corrected chi connectivity index (χ0v) is 18.5. The minimum Gasteiger partial charge on any atom is -0.492 e. The van der Waals surface area contributed by atoms with Crippen molar-refractivity contribution in [1.29, 1.82) is 0 Å². The molecule has 1 fully saturated rings. The molecule has 1 saturated heterocycles. The van der Waals surface area contributed by atoms with Crippen LogP contribution in [0, 0.1) is 6.92 Å². The van der Waals surface area contributed by atoms with Crippen molar-refractivity contribution in [2.45, 2.75) is 44.5 Å². The van der Waals surface area contributed by atoms with Gasteiger partial charge in [0.15, 0.2) is 11.0 Å². The first kappa shape index (κ1) is 21.5. The van der Waals surface area contributed by atoms with Crippen molar-refractivity contribution in [3.05, 3.63) is 42.4 Å². The quantitative estimate of drug-likeness (QED) is 0.498. The Hall–Kier alpha value is -2.78. The van der Waals surface area contributed by atoms with Gasteiger partial charge in [0.1, 0.15) is 11.5 Å². The number of nitrogens with one attached hydrogen (secondary N) is 1. The maximum atomic E-state index is 12.6. The third-order valence-corrected chi connectivity index (χ3v) is 5.99. The molecule has 2 aromatic heterocycles. The number of furan rings is 1. The molecule has 0 bridgehead atoms. The second kappa shape index (κ2) is 10.0. The summed E-state index contributed by atoms with van der Waals surface area (Å²) in [5, 5.41) is 12.3. The molecule has 3 aromatic rings. The number of hydrogen-bond acceptors (Lipinski definition) is 7. The molecule has 9 heteroatoms. The largest absolute Gasteiger partial charge is 0.492 e. The number of nitrogens with zero attached hydrogens (tertiary/aromatic N) is 3. The van der Waals surface area contributed by atoms with E-state index < -0.39 is 0 Å². The minimum absolute atomic E-state index is 0.119. The van der Waals surface area contributed by atoms with Crippen LogP contribution in [0.1, 0.15) is 25.5 Å². The maximum absolute atomic E-state index is 12.6. The highest BCUT2D eigenvalue weighted by Gasteiger charge is 2.23. The summed E-state index contributed by atoms with van der Waals surface area (Å²) in [4.78, 5) is 12.6. The molecule has 4 rings (SSSR count). The van der Waals surface area contributed by atoms with Crippen LogP contribution in [0.3, 0.4) is 0 Å². The van der Waals surface area contributed by atoms with Crippen LogP contribution in [0.4, 0.5) is 5.69 Å². The normalized spacial score (nSPS) is 15.9. The molecule has 1 aliphatic rings. The first-order valence-electron chi connectivity index (χ1n) is 10.4. The van der Waals surface area contributed by atoms with Gasteiger partial charge in [0.2, 0.25) is 5.91 Å². The molecular weight excluding hydrogens is 416 g/mol. The number of aromatic nitrogens is 3. The van der Waals surface area contributed by atoms with Gasteiger partial charge < -0.3 is 19.2 Å². The molecule has 1 atom stereocenters. The van der Waals surface area contributed by atoms with Gasteiger partial charge >= 0.3 is 0 Å². The van der Waals surface area contributed by atoms with Crippen LogP contribution in [0.2, 0.25) is 0 Å². The number of hydrogen-bond donors (Lipinski definition) is 1. The van der Waals surface area contributed by atoms with Gasteiger partial charge in [0, 0.05) is 6.61 Å². The SMILES string of the molecule is CCOc1ccccc1NC(=O)CSc1nnc(-c2ccoc2C)n1C[C@@H]1CCCO1. The Labute approximate surface area is 185 Å². The molecule has 0 spiro atoms. The van der Waals surface area contributed by atoms with Gasteiger partial charge in [-0.2, -0.15) is 0 Å². The number of thioether (sulfide) groups is 1. The van der Waals surface area contributed by atoms with Gasteiger partial charge in [-0.15, -0.1) is 10.2 Å². The second-order valence-corrected chi connectivity index (χ2v) is 8.15. The van der Waals surface area contributed by atoms with Crippen LogP contribution in [0.5, 0.6) is 5.75 Å². The van der Waals surface area contributed by atoms with E-state index in [1.54, 1.807) is 6.26 Å². The van der Waals surface area contributed by atoms with Crippen molar-refractivity contribution >= 4 is 23.4 Å². The highest BCUT2D eigenvalue weighted by Crippen LogP contribution is 2.29. The second-order valence-electron chi connectivity index (χ2n) is 7.21. The molecule has 0 radical (unpaired) electrons. The zero-order valence-electron chi connectivity index (χ0n) is 17.7. The number of benzene rings is 1. The summed E-state index contributed by atoms with van der Waals surface area (Å²) in [6, 6.07) is 9.29. The highest BCUT2D eigenvalue weighted by molar-refractivity contribution is 7.99. The van der Waals surface area contributed by atoms with Crippen LogP contribution < -0.4 is 10.1 Å². The van der Waals surface area contributed by atoms with E-state index in [0.717, 1.165) is 36.6 Å². The lowest BCUT2D eigenvalue weighted by atomic mass is 10.2. The van der Waals surface area contributed by atoms with Crippen LogP contribution in [-0.2, 0) is 16.1 Å². The van der Waals surface area contributed by atoms with Gasteiger partial charge in [0.05, 0.1) is 42.5 Å². The van der Waals surface area contributed by atoms with E-state index in [2.05, 4.69) is 15.5 Å². The van der Waals surface area contributed by atoms with E-state index in [-0.39, 0.29) is 17.8 Å². The average Bonchev–Trinajstić information content (AvgIpc) is 3.51. The lowest BCUT2D eigenvalue weighted by Crippen LogP contribution is -2.18. The molecule has 0 aliphatic carbocycles. The molecular formula is C22H26N4O4S. The summed E-state index contributed by atoms with van der Waals surface area (Å²) in [5.74, 6) is 2.23. The van der Waals surface area contributed by atoms with Crippen molar-refractivity contribution in [3.8, 4) is 17.1 Å². The highest BCUT2D eigenvalue weighted by atomic mass is 32.2. The molecule has 0 unspecified atom stereocenters. The molecule has 3 heterocycles. The Balaban J connectivity index is 1.48. The zero-order chi connectivity index (χ0) is 21.6. The van der Waals surface area contributed by atoms with E-state index in [9.17, 15) is 4.79 Å². The van der Waals surface area contributed by atoms with Crippen molar-refractivity contribution in [2.24, 2.45) is 0 Å². The number of anilines is 1. The topological polar surface area (TPSA) is 91.4 Å². The van der Waals surface area contributed by atoms with Crippen molar-refractivity contribution in [1.82, 2.24) is 14.8 Å². The molecule has 1 amide bonds. The number of aryl methyl sites for hydroxylation is 1. The number of carbonyl (C=O) groups excluding carboxylic acids is 1. The first-order valence-corrected chi connectivity index (χ1v) is 11.4. The number of carbonyl (C=O) groups is 1. The lowest BCUT2D eigenvalue weighted by molar-refractivity contribution is -0.113. The Morgan fingerprint density at radius 1 is 1.32 bits per heavy atom. The van der Waals surface area contributed by atoms with Gasteiger partial charge in [-0.1, -0.05) is 23.9 Å². The van der Waals surface area contributed by atoms with E-state index >= 15 is 0 Å². The first-order chi connectivity index (χ1) is 15.2. The van der Waals surface area contributed by atoms with Crippen LogP contribution in [0.25, 0.3) is 11.4 Å². The lowest BCUT2D eigenvalue weighted by Gasteiger charge is -2.14.